The van der Waals surface area contributed by atoms with Crippen LogP contribution in [0.25, 0.3) is 16.7 Å². The van der Waals surface area contributed by atoms with Gasteiger partial charge in [0.1, 0.15) is 17.2 Å². The van der Waals surface area contributed by atoms with Crippen LogP contribution in [-0.4, -0.2) is 42.4 Å². The molecule has 0 unspecified atom stereocenters. The molecule has 0 aromatic carbocycles. The number of rotatable bonds is 4. The maximum Gasteiger partial charge on any atom is 0.160 e. The fourth-order valence-corrected chi connectivity index (χ4v) is 3.98. The minimum absolute atomic E-state index is 0.751. The number of hydrogen-bond donors (Lipinski definition) is 0. The molecule has 7 nitrogen and oxygen atoms in total. The maximum atomic E-state index is 4.94. The molecule has 0 atom stereocenters. The Hall–Kier alpha value is -3.09. The molecule has 0 radical (unpaired) electrons. The zero-order chi connectivity index (χ0) is 19.1. The first-order chi connectivity index (χ1) is 13.7. The summed E-state index contributed by atoms with van der Waals surface area (Å²) in [6.45, 7) is 6.16. The van der Waals surface area contributed by atoms with Crippen LogP contribution in [0.3, 0.4) is 0 Å². The Morgan fingerprint density at radius 2 is 1.79 bits per heavy atom. The zero-order valence-electron chi connectivity index (χ0n) is 16.3. The Morgan fingerprint density at radius 3 is 2.64 bits per heavy atom. The monoisotopic (exact) mass is 373 g/mol. The third kappa shape index (κ3) is 2.96. The van der Waals surface area contributed by atoms with Gasteiger partial charge in [0.25, 0.3) is 0 Å². The molecule has 4 aromatic heterocycles. The lowest BCUT2D eigenvalue weighted by Crippen LogP contribution is -2.21. The molecule has 1 aliphatic rings. The normalized spacial score (nSPS) is 14.4. The molecule has 0 bridgehead atoms. The van der Waals surface area contributed by atoms with Crippen LogP contribution in [0.1, 0.15) is 35.7 Å². The highest BCUT2D eigenvalue weighted by Gasteiger charge is 2.22. The second-order valence-corrected chi connectivity index (χ2v) is 7.43. The average Bonchev–Trinajstić information content (AvgIpc) is 3.34. The van der Waals surface area contributed by atoms with Crippen LogP contribution < -0.4 is 4.90 Å². The van der Waals surface area contributed by atoms with E-state index in [1.165, 1.54) is 18.7 Å². The van der Waals surface area contributed by atoms with Crippen LogP contribution in [0.15, 0.2) is 30.7 Å². The molecule has 5 rings (SSSR count). The standard InChI is InChI=1S/C21H23N7/c1-14-5-6-16-18(24-14)13-23-19(25-16)8-7-17-21(27-10-3-4-11-27)28-12-9-22-15(2)20(28)26-17/h5-6,9,12-13H,3-4,7-8,10-11H2,1-2H3. The van der Waals surface area contributed by atoms with Crippen molar-refractivity contribution in [3.05, 3.63) is 53.6 Å². The fourth-order valence-electron chi connectivity index (χ4n) is 3.98. The Kier molecular flexibility index (Phi) is 4.15. The van der Waals surface area contributed by atoms with E-state index in [9.17, 15) is 0 Å². The Labute approximate surface area is 163 Å². The maximum absolute atomic E-state index is 4.94. The van der Waals surface area contributed by atoms with Gasteiger partial charge in [-0.1, -0.05) is 0 Å². The van der Waals surface area contributed by atoms with E-state index in [4.69, 9.17) is 9.97 Å². The number of hydrogen-bond acceptors (Lipinski definition) is 6. The van der Waals surface area contributed by atoms with Gasteiger partial charge < -0.3 is 4.90 Å². The van der Waals surface area contributed by atoms with E-state index in [0.29, 0.717) is 0 Å². The molecule has 1 fully saturated rings. The molecule has 0 saturated carbocycles. The van der Waals surface area contributed by atoms with Crippen LogP contribution in [0.4, 0.5) is 5.82 Å². The van der Waals surface area contributed by atoms with Gasteiger partial charge in [0.15, 0.2) is 5.65 Å². The third-order valence-electron chi connectivity index (χ3n) is 5.38. The Morgan fingerprint density at radius 1 is 0.929 bits per heavy atom. The van der Waals surface area contributed by atoms with E-state index >= 15 is 0 Å². The summed E-state index contributed by atoms with van der Waals surface area (Å²) in [5, 5.41) is 0. The summed E-state index contributed by atoms with van der Waals surface area (Å²) in [7, 11) is 0. The summed E-state index contributed by atoms with van der Waals surface area (Å²) >= 11 is 0. The minimum atomic E-state index is 0.751. The molecule has 5 heterocycles. The Bertz CT molecular complexity index is 1160. The molecule has 0 amide bonds. The number of fused-ring (bicyclic) bond motifs is 2. The van der Waals surface area contributed by atoms with Crippen molar-refractivity contribution in [3.8, 4) is 0 Å². The molecule has 1 saturated heterocycles. The summed E-state index contributed by atoms with van der Waals surface area (Å²) < 4.78 is 2.19. The van der Waals surface area contributed by atoms with Gasteiger partial charge in [0, 0.05) is 44.0 Å². The van der Waals surface area contributed by atoms with Crippen molar-refractivity contribution in [2.75, 3.05) is 18.0 Å². The van der Waals surface area contributed by atoms with E-state index in [1.807, 2.05) is 44.6 Å². The van der Waals surface area contributed by atoms with Crippen LogP contribution in [0, 0.1) is 13.8 Å². The first-order valence-corrected chi connectivity index (χ1v) is 9.86. The van der Waals surface area contributed by atoms with E-state index in [0.717, 1.165) is 65.5 Å². The Balaban J connectivity index is 1.48. The van der Waals surface area contributed by atoms with Crippen LogP contribution in [-0.2, 0) is 12.8 Å². The number of aryl methyl sites for hydroxylation is 4. The molecular formula is C21H23N7. The lowest BCUT2D eigenvalue weighted by Gasteiger charge is -2.18. The first-order valence-electron chi connectivity index (χ1n) is 9.86. The van der Waals surface area contributed by atoms with Crippen molar-refractivity contribution >= 4 is 22.5 Å². The van der Waals surface area contributed by atoms with Gasteiger partial charge in [-0.05, 0) is 38.8 Å². The summed E-state index contributed by atoms with van der Waals surface area (Å²) in [6.07, 6.45) is 9.72. The van der Waals surface area contributed by atoms with Crippen molar-refractivity contribution in [1.29, 1.82) is 0 Å². The second kappa shape index (κ2) is 6.82. The zero-order valence-corrected chi connectivity index (χ0v) is 16.3. The third-order valence-corrected chi connectivity index (χ3v) is 5.38. The number of nitrogens with zero attached hydrogens (tertiary/aromatic N) is 7. The van der Waals surface area contributed by atoms with Crippen molar-refractivity contribution in [2.24, 2.45) is 0 Å². The average molecular weight is 373 g/mol. The number of pyridine rings is 1. The van der Waals surface area contributed by atoms with Gasteiger partial charge >= 0.3 is 0 Å². The molecule has 0 spiro atoms. The van der Waals surface area contributed by atoms with Crippen molar-refractivity contribution in [1.82, 2.24) is 29.3 Å². The summed E-state index contributed by atoms with van der Waals surface area (Å²) in [5.41, 5.74) is 5.72. The molecule has 1 aliphatic heterocycles. The van der Waals surface area contributed by atoms with E-state index < -0.39 is 0 Å². The predicted molar refractivity (Wildman–Crippen MR) is 109 cm³/mol. The first kappa shape index (κ1) is 17.0. The van der Waals surface area contributed by atoms with Crippen molar-refractivity contribution in [3.63, 3.8) is 0 Å². The molecule has 142 valence electrons. The SMILES string of the molecule is Cc1ccc2nc(CCc3nc4c(C)nccn4c3N3CCCC3)ncc2n1. The van der Waals surface area contributed by atoms with Crippen molar-refractivity contribution < 1.29 is 0 Å². The smallest absolute Gasteiger partial charge is 0.160 e. The largest absolute Gasteiger partial charge is 0.356 e. The summed E-state index contributed by atoms with van der Waals surface area (Å²) in [4.78, 5) is 25.5. The molecule has 0 N–H and O–H groups in total. The van der Waals surface area contributed by atoms with E-state index in [1.54, 1.807) is 0 Å². The number of aromatic nitrogens is 6. The van der Waals surface area contributed by atoms with Crippen molar-refractivity contribution in [2.45, 2.75) is 39.5 Å². The molecular weight excluding hydrogens is 350 g/mol. The lowest BCUT2D eigenvalue weighted by atomic mass is 10.2. The predicted octanol–water partition coefficient (Wildman–Crippen LogP) is 3.07. The highest BCUT2D eigenvalue weighted by molar-refractivity contribution is 5.72. The van der Waals surface area contributed by atoms with Gasteiger partial charge in [0.05, 0.1) is 23.1 Å². The fraction of sp³-hybridized carbons (Fsp3) is 0.381. The quantitative estimate of drug-likeness (QED) is 0.547. The molecule has 0 aliphatic carbocycles. The second-order valence-electron chi connectivity index (χ2n) is 7.43. The minimum Gasteiger partial charge on any atom is -0.356 e. The molecule has 7 heteroatoms. The van der Waals surface area contributed by atoms with Crippen LogP contribution in [0.5, 0.6) is 0 Å². The van der Waals surface area contributed by atoms with Crippen LogP contribution in [0.2, 0.25) is 0 Å². The lowest BCUT2D eigenvalue weighted by molar-refractivity contribution is 0.833. The topological polar surface area (TPSA) is 72.1 Å². The van der Waals surface area contributed by atoms with E-state index in [2.05, 4.69) is 24.3 Å². The highest BCUT2D eigenvalue weighted by atomic mass is 15.3. The van der Waals surface area contributed by atoms with Gasteiger partial charge in [-0.25, -0.2) is 19.9 Å². The summed E-state index contributed by atoms with van der Waals surface area (Å²) in [5.74, 6) is 2.04. The van der Waals surface area contributed by atoms with Gasteiger partial charge in [-0.2, -0.15) is 0 Å². The number of anilines is 1. The van der Waals surface area contributed by atoms with Crippen LogP contribution >= 0.6 is 0 Å². The summed E-state index contributed by atoms with van der Waals surface area (Å²) in [6, 6.07) is 4.00. The van der Waals surface area contributed by atoms with Gasteiger partial charge in [-0.15, -0.1) is 0 Å². The van der Waals surface area contributed by atoms with Gasteiger partial charge in [0.2, 0.25) is 0 Å². The van der Waals surface area contributed by atoms with E-state index in [-0.39, 0.29) is 0 Å². The highest BCUT2D eigenvalue weighted by Crippen LogP contribution is 2.27. The number of imidazole rings is 1. The molecule has 4 aromatic rings. The molecule has 28 heavy (non-hydrogen) atoms. The van der Waals surface area contributed by atoms with Gasteiger partial charge in [-0.3, -0.25) is 9.38 Å².